The highest BCUT2D eigenvalue weighted by atomic mass is 19.1. The number of ketones is 1. The molecular formula is C19H20FNO4. The van der Waals surface area contributed by atoms with Crippen LogP contribution in [0.4, 0.5) is 4.39 Å². The normalized spacial score (nSPS) is 11.6. The minimum Gasteiger partial charge on any atom is -0.493 e. The fraction of sp³-hybridized carbons (Fsp3) is 0.263. The van der Waals surface area contributed by atoms with Gasteiger partial charge >= 0.3 is 0 Å². The molecule has 0 aliphatic heterocycles. The van der Waals surface area contributed by atoms with Gasteiger partial charge in [0, 0.05) is 17.2 Å². The Hall–Kier alpha value is -2.89. The van der Waals surface area contributed by atoms with E-state index in [9.17, 15) is 14.0 Å². The highest BCUT2D eigenvalue weighted by Crippen LogP contribution is 2.32. The Morgan fingerprint density at radius 3 is 2.16 bits per heavy atom. The molecule has 0 fully saturated rings. The van der Waals surface area contributed by atoms with Crippen LogP contribution in [-0.2, 0) is 0 Å². The molecule has 0 saturated carbocycles. The molecule has 2 aromatic carbocycles. The van der Waals surface area contributed by atoms with Gasteiger partial charge in [0.2, 0.25) is 0 Å². The van der Waals surface area contributed by atoms with Gasteiger partial charge < -0.3 is 14.8 Å². The van der Waals surface area contributed by atoms with Gasteiger partial charge in [-0.3, -0.25) is 9.59 Å². The number of carbonyl (C=O) groups excluding carboxylic acids is 2. The van der Waals surface area contributed by atoms with Crippen LogP contribution in [0.1, 0.15) is 46.2 Å². The van der Waals surface area contributed by atoms with Crippen LogP contribution in [0.25, 0.3) is 0 Å². The molecule has 25 heavy (non-hydrogen) atoms. The number of ether oxygens (including phenoxy) is 2. The lowest BCUT2D eigenvalue weighted by Gasteiger charge is -2.18. The average Bonchev–Trinajstić information content (AvgIpc) is 2.61. The van der Waals surface area contributed by atoms with Gasteiger partial charge in [-0.15, -0.1) is 0 Å². The second-order valence-electron chi connectivity index (χ2n) is 5.53. The predicted octanol–water partition coefficient (Wildman–Crippen LogP) is 3.54. The van der Waals surface area contributed by atoms with Crippen LogP contribution in [0.3, 0.4) is 0 Å². The molecule has 1 atom stereocenters. The second kappa shape index (κ2) is 7.79. The van der Waals surface area contributed by atoms with Crippen LogP contribution in [0.5, 0.6) is 11.5 Å². The van der Waals surface area contributed by atoms with Crippen molar-refractivity contribution in [3.63, 3.8) is 0 Å². The van der Waals surface area contributed by atoms with Crippen LogP contribution in [0.15, 0.2) is 36.4 Å². The van der Waals surface area contributed by atoms with Crippen molar-refractivity contribution in [3.05, 3.63) is 58.9 Å². The molecule has 0 aliphatic rings. The number of methoxy groups -OCH3 is 2. The van der Waals surface area contributed by atoms with Crippen LogP contribution in [0.2, 0.25) is 0 Å². The molecule has 0 radical (unpaired) electrons. The topological polar surface area (TPSA) is 64.6 Å². The first-order valence-corrected chi connectivity index (χ1v) is 7.71. The van der Waals surface area contributed by atoms with E-state index in [1.165, 1.54) is 33.3 Å². The summed E-state index contributed by atoms with van der Waals surface area (Å²) in [5.74, 6) is -0.554. The summed E-state index contributed by atoms with van der Waals surface area (Å²) in [6, 6.07) is 8.56. The lowest BCUT2D eigenvalue weighted by Crippen LogP contribution is -2.28. The van der Waals surface area contributed by atoms with Gasteiger partial charge in [0.15, 0.2) is 17.3 Å². The summed E-state index contributed by atoms with van der Waals surface area (Å²) in [6.45, 7) is 3.04. The fourth-order valence-corrected chi connectivity index (χ4v) is 2.54. The van der Waals surface area contributed by atoms with E-state index in [1.807, 2.05) is 0 Å². The third-order valence-corrected chi connectivity index (χ3v) is 3.87. The minimum atomic E-state index is -0.632. The highest BCUT2D eigenvalue weighted by molar-refractivity contribution is 6.07. The summed E-state index contributed by atoms with van der Waals surface area (Å²) in [5, 5.41) is 2.71. The number of benzene rings is 2. The Morgan fingerprint density at radius 1 is 1.04 bits per heavy atom. The maximum absolute atomic E-state index is 14.3. The van der Waals surface area contributed by atoms with Gasteiger partial charge in [-0.05, 0) is 26.0 Å². The van der Waals surface area contributed by atoms with Crippen molar-refractivity contribution >= 4 is 11.7 Å². The zero-order chi connectivity index (χ0) is 18.6. The number of rotatable bonds is 6. The SMILES string of the molecule is COc1cc(F)c([C@@H](C)NC(=O)c2ccccc2C(C)=O)cc1OC. The van der Waals surface area contributed by atoms with Crippen LogP contribution < -0.4 is 14.8 Å². The smallest absolute Gasteiger partial charge is 0.252 e. The molecule has 1 amide bonds. The van der Waals surface area contributed by atoms with Crippen molar-refractivity contribution in [1.29, 1.82) is 0 Å². The molecule has 0 unspecified atom stereocenters. The number of Topliss-reactive ketones (excluding diaryl/α,β-unsaturated/α-hetero) is 1. The third-order valence-electron chi connectivity index (χ3n) is 3.87. The molecule has 0 aromatic heterocycles. The Kier molecular flexibility index (Phi) is 5.75. The van der Waals surface area contributed by atoms with Gasteiger partial charge in [-0.2, -0.15) is 0 Å². The van der Waals surface area contributed by atoms with Crippen LogP contribution in [0, 0.1) is 5.82 Å². The van der Waals surface area contributed by atoms with Crippen LogP contribution >= 0.6 is 0 Å². The fourth-order valence-electron chi connectivity index (χ4n) is 2.54. The van der Waals surface area contributed by atoms with E-state index in [2.05, 4.69) is 5.32 Å². The number of hydrogen-bond acceptors (Lipinski definition) is 4. The molecule has 2 aromatic rings. The Labute approximate surface area is 145 Å². The monoisotopic (exact) mass is 345 g/mol. The zero-order valence-corrected chi connectivity index (χ0v) is 14.6. The molecule has 0 heterocycles. The number of amides is 1. The van der Waals surface area contributed by atoms with E-state index in [1.54, 1.807) is 31.2 Å². The van der Waals surface area contributed by atoms with Crippen molar-refractivity contribution < 1.29 is 23.5 Å². The van der Waals surface area contributed by atoms with E-state index in [0.29, 0.717) is 11.3 Å². The van der Waals surface area contributed by atoms with E-state index >= 15 is 0 Å². The Bertz CT molecular complexity index is 804. The van der Waals surface area contributed by atoms with Gasteiger partial charge in [-0.25, -0.2) is 4.39 Å². The van der Waals surface area contributed by atoms with E-state index < -0.39 is 17.8 Å². The maximum atomic E-state index is 14.3. The quantitative estimate of drug-likeness (QED) is 0.814. The molecule has 132 valence electrons. The first-order valence-electron chi connectivity index (χ1n) is 7.71. The van der Waals surface area contributed by atoms with Crippen molar-refractivity contribution in [2.75, 3.05) is 14.2 Å². The maximum Gasteiger partial charge on any atom is 0.252 e. The molecule has 5 nitrogen and oxygen atoms in total. The Morgan fingerprint density at radius 2 is 1.60 bits per heavy atom. The van der Waals surface area contributed by atoms with Crippen molar-refractivity contribution in [1.82, 2.24) is 5.32 Å². The molecule has 6 heteroatoms. The van der Waals surface area contributed by atoms with Crippen molar-refractivity contribution in [3.8, 4) is 11.5 Å². The lowest BCUT2D eigenvalue weighted by atomic mass is 10.0. The number of hydrogen-bond donors (Lipinski definition) is 1. The van der Waals surface area contributed by atoms with Gasteiger partial charge in [-0.1, -0.05) is 18.2 Å². The van der Waals surface area contributed by atoms with E-state index in [-0.39, 0.29) is 22.7 Å². The van der Waals surface area contributed by atoms with Gasteiger partial charge in [0.25, 0.3) is 5.91 Å². The van der Waals surface area contributed by atoms with Crippen molar-refractivity contribution in [2.45, 2.75) is 19.9 Å². The summed E-state index contributed by atoms with van der Waals surface area (Å²) >= 11 is 0. The first kappa shape index (κ1) is 18.4. The summed E-state index contributed by atoms with van der Waals surface area (Å²) in [5.41, 5.74) is 0.828. The van der Waals surface area contributed by atoms with E-state index in [4.69, 9.17) is 9.47 Å². The standard InChI is InChI=1S/C19H20FNO4/c1-11(15-9-17(24-3)18(25-4)10-16(15)20)21-19(23)14-8-6-5-7-13(14)12(2)22/h5-11H,1-4H3,(H,21,23)/t11-/m1/s1. The first-order chi connectivity index (χ1) is 11.9. The third kappa shape index (κ3) is 3.96. The number of carbonyl (C=O) groups is 2. The van der Waals surface area contributed by atoms with Crippen LogP contribution in [-0.4, -0.2) is 25.9 Å². The van der Waals surface area contributed by atoms with Gasteiger partial charge in [0.1, 0.15) is 5.82 Å². The molecule has 1 N–H and O–H groups in total. The van der Waals surface area contributed by atoms with Crippen molar-refractivity contribution in [2.24, 2.45) is 0 Å². The minimum absolute atomic E-state index is 0.212. The average molecular weight is 345 g/mol. The summed E-state index contributed by atoms with van der Waals surface area (Å²) in [7, 11) is 2.87. The summed E-state index contributed by atoms with van der Waals surface area (Å²) in [4.78, 5) is 24.2. The highest BCUT2D eigenvalue weighted by Gasteiger charge is 2.20. The number of halogens is 1. The molecule has 0 aliphatic carbocycles. The van der Waals surface area contributed by atoms with Gasteiger partial charge in [0.05, 0.1) is 25.8 Å². The molecule has 2 rings (SSSR count). The molecule has 0 spiro atoms. The zero-order valence-electron chi connectivity index (χ0n) is 14.6. The summed E-state index contributed by atoms with van der Waals surface area (Å²) in [6.07, 6.45) is 0. The molecule has 0 bridgehead atoms. The summed E-state index contributed by atoms with van der Waals surface area (Å²) < 4.78 is 24.6. The molecular weight excluding hydrogens is 325 g/mol. The molecule has 0 saturated heterocycles. The Balaban J connectivity index is 2.30. The number of nitrogens with one attached hydrogen (secondary N) is 1. The predicted molar refractivity (Wildman–Crippen MR) is 91.8 cm³/mol. The second-order valence-corrected chi connectivity index (χ2v) is 5.53. The largest absolute Gasteiger partial charge is 0.493 e. The lowest BCUT2D eigenvalue weighted by molar-refractivity contribution is 0.0926. The van der Waals surface area contributed by atoms with E-state index in [0.717, 1.165) is 0 Å².